The minimum Gasteiger partial charge on any atom is -0.308 e. The summed E-state index contributed by atoms with van der Waals surface area (Å²) in [5.74, 6) is 0. The third-order valence-corrected chi connectivity index (χ3v) is 3.71. The molecular weight excluding hydrogens is 252 g/mol. The Morgan fingerprint density at radius 3 is 3.00 bits per heavy atom. The van der Waals surface area contributed by atoms with Crippen molar-refractivity contribution in [3.05, 3.63) is 34.3 Å². The standard InChI is InChI=1S/C12H17BrN2/c1-2-15-8-7-14-12(9-15)10-5-3-4-6-11(10)13/h3-6,12,14H,2,7-9H2,1H3. The summed E-state index contributed by atoms with van der Waals surface area (Å²) in [4.78, 5) is 2.49. The van der Waals surface area contributed by atoms with E-state index in [1.165, 1.54) is 10.0 Å². The maximum Gasteiger partial charge on any atom is 0.0461 e. The molecule has 1 aliphatic rings. The van der Waals surface area contributed by atoms with Gasteiger partial charge in [0.2, 0.25) is 0 Å². The van der Waals surface area contributed by atoms with Crippen molar-refractivity contribution >= 4 is 15.9 Å². The summed E-state index contributed by atoms with van der Waals surface area (Å²) in [7, 11) is 0. The molecule has 1 heterocycles. The SMILES string of the molecule is CCN1CCNC(c2ccccc2Br)C1. The number of benzene rings is 1. The normalized spacial score (nSPS) is 22.9. The second kappa shape index (κ2) is 5.10. The van der Waals surface area contributed by atoms with Gasteiger partial charge in [-0.2, -0.15) is 0 Å². The summed E-state index contributed by atoms with van der Waals surface area (Å²) in [5.41, 5.74) is 1.37. The molecule has 82 valence electrons. The number of piperazine rings is 1. The highest BCUT2D eigenvalue weighted by Gasteiger charge is 2.20. The summed E-state index contributed by atoms with van der Waals surface area (Å²) in [6.45, 7) is 6.72. The first-order chi connectivity index (χ1) is 7.31. The minimum absolute atomic E-state index is 0.467. The molecule has 1 saturated heterocycles. The van der Waals surface area contributed by atoms with Gasteiger partial charge in [0.25, 0.3) is 0 Å². The van der Waals surface area contributed by atoms with E-state index < -0.39 is 0 Å². The van der Waals surface area contributed by atoms with Gasteiger partial charge in [0.1, 0.15) is 0 Å². The van der Waals surface area contributed by atoms with Crippen LogP contribution in [-0.2, 0) is 0 Å². The van der Waals surface area contributed by atoms with Crippen LogP contribution >= 0.6 is 15.9 Å². The molecule has 1 aliphatic heterocycles. The molecule has 1 aromatic rings. The van der Waals surface area contributed by atoms with Crippen LogP contribution in [0.2, 0.25) is 0 Å². The van der Waals surface area contributed by atoms with Gasteiger partial charge in [0, 0.05) is 30.1 Å². The second-order valence-electron chi connectivity index (χ2n) is 3.92. The first-order valence-corrected chi connectivity index (χ1v) is 6.30. The number of nitrogens with one attached hydrogen (secondary N) is 1. The van der Waals surface area contributed by atoms with Crippen LogP contribution in [0.15, 0.2) is 28.7 Å². The minimum atomic E-state index is 0.467. The Morgan fingerprint density at radius 1 is 1.47 bits per heavy atom. The van der Waals surface area contributed by atoms with Crippen molar-refractivity contribution in [2.75, 3.05) is 26.2 Å². The number of hydrogen-bond donors (Lipinski definition) is 1. The summed E-state index contributed by atoms with van der Waals surface area (Å²) in [5, 5.41) is 3.57. The van der Waals surface area contributed by atoms with Crippen LogP contribution in [0.4, 0.5) is 0 Å². The molecule has 1 unspecified atom stereocenters. The lowest BCUT2D eigenvalue weighted by molar-refractivity contribution is 0.210. The number of nitrogens with zero attached hydrogens (tertiary/aromatic N) is 1. The van der Waals surface area contributed by atoms with Crippen LogP contribution in [0.5, 0.6) is 0 Å². The summed E-state index contributed by atoms with van der Waals surface area (Å²) < 4.78 is 1.21. The average molecular weight is 269 g/mol. The summed E-state index contributed by atoms with van der Waals surface area (Å²) in [6, 6.07) is 8.94. The van der Waals surface area contributed by atoms with Crippen molar-refractivity contribution in [1.82, 2.24) is 10.2 Å². The van der Waals surface area contributed by atoms with E-state index >= 15 is 0 Å². The first kappa shape index (κ1) is 11.1. The smallest absolute Gasteiger partial charge is 0.0461 e. The molecule has 0 aliphatic carbocycles. The Hall–Kier alpha value is -0.380. The lowest BCUT2D eigenvalue weighted by Gasteiger charge is -2.33. The lowest BCUT2D eigenvalue weighted by atomic mass is 10.0. The predicted molar refractivity (Wildman–Crippen MR) is 67.0 cm³/mol. The van der Waals surface area contributed by atoms with Crippen LogP contribution in [-0.4, -0.2) is 31.1 Å². The maximum atomic E-state index is 3.62. The Bertz CT molecular complexity index is 327. The van der Waals surface area contributed by atoms with Crippen LogP contribution in [0.1, 0.15) is 18.5 Å². The summed E-state index contributed by atoms with van der Waals surface area (Å²) >= 11 is 3.62. The molecule has 1 fully saturated rings. The number of rotatable bonds is 2. The molecule has 0 radical (unpaired) electrons. The fourth-order valence-corrected chi connectivity index (χ4v) is 2.63. The van der Waals surface area contributed by atoms with E-state index in [4.69, 9.17) is 0 Å². The fourth-order valence-electron chi connectivity index (χ4n) is 2.06. The van der Waals surface area contributed by atoms with Crippen LogP contribution < -0.4 is 5.32 Å². The molecule has 1 N–H and O–H groups in total. The van der Waals surface area contributed by atoms with Crippen molar-refractivity contribution < 1.29 is 0 Å². The molecule has 15 heavy (non-hydrogen) atoms. The van der Waals surface area contributed by atoms with E-state index in [0.29, 0.717) is 6.04 Å². The zero-order chi connectivity index (χ0) is 10.7. The van der Waals surface area contributed by atoms with Crippen molar-refractivity contribution in [3.63, 3.8) is 0 Å². The molecule has 2 nitrogen and oxygen atoms in total. The van der Waals surface area contributed by atoms with Gasteiger partial charge < -0.3 is 10.2 Å². The van der Waals surface area contributed by atoms with Gasteiger partial charge in [-0.25, -0.2) is 0 Å². The molecule has 0 spiro atoms. The van der Waals surface area contributed by atoms with Gasteiger partial charge >= 0.3 is 0 Å². The first-order valence-electron chi connectivity index (χ1n) is 5.51. The van der Waals surface area contributed by atoms with Crippen LogP contribution in [0.3, 0.4) is 0 Å². The Morgan fingerprint density at radius 2 is 2.27 bits per heavy atom. The molecule has 0 amide bonds. The van der Waals surface area contributed by atoms with Gasteiger partial charge in [-0.15, -0.1) is 0 Å². The number of likely N-dealkylation sites (N-methyl/N-ethyl adjacent to an activating group) is 1. The van der Waals surface area contributed by atoms with Gasteiger partial charge in [0.15, 0.2) is 0 Å². The highest BCUT2D eigenvalue weighted by molar-refractivity contribution is 9.10. The third kappa shape index (κ3) is 2.60. The van der Waals surface area contributed by atoms with E-state index in [0.717, 1.165) is 26.2 Å². The van der Waals surface area contributed by atoms with Crippen molar-refractivity contribution in [3.8, 4) is 0 Å². The van der Waals surface area contributed by atoms with Crippen LogP contribution in [0.25, 0.3) is 0 Å². The van der Waals surface area contributed by atoms with E-state index in [2.05, 4.69) is 57.3 Å². The zero-order valence-electron chi connectivity index (χ0n) is 9.04. The average Bonchev–Trinajstić information content (AvgIpc) is 2.30. The third-order valence-electron chi connectivity index (χ3n) is 2.99. The number of halogens is 1. The molecule has 1 aromatic carbocycles. The second-order valence-corrected chi connectivity index (χ2v) is 4.78. The van der Waals surface area contributed by atoms with Gasteiger partial charge in [-0.3, -0.25) is 0 Å². The largest absolute Gasteiger partial charge is 0.308 e. The molecule has 1 atom stereocenters. The Labute approximate surface area is 99.8 Å². The molecule has 0 saturated carbocycles. The fraction of sp³-hybridized carbons (Fsp3) is 0.500. The Kier molecular flexibility index (Phi) is 3.78. The summed E-state index contributed by atoms with van der Waals surface area (Å²) in [6.07, 6.45) is 0. The topological polar surface area (TPSA) is 15.3 Å². The van der Waals surface area contributed by atoms with Crippen LogP contribution in [0, 0.1) is 0 Å². The molecule has 0 aromatic heterocycles. The van der Waals surface area contributed by atoms with Crippen molar-refractivity contribution in [2.24, 2.45) is 0 Å². The van der Waals surface area contributed by atoms with Gasteiger partial charge in [0.05, 0.1) is 0 Å². The maximum absolute atomic E-state index is 3.62. The van der Waals surface area contributed by atoms with E-state index in [1.807, 2.05) is 0 Å². The van der Waals surface area contributed by atoms with Gasteiger partial charge in [-0.1, -0.05) is 41.1 Å². The van der Waals surface area contributed by atoms with Gasteiger partial charge in [-0.05, 0) is 18.2 Å². The number of hydrogen-bond acceptors (Lipinski definition) is 2. The van der Waals surface area contributed by atoms with E-state index in [9.17, 15) is 0 Å². The predicted octanol–water partition coefficient (Wildman–Crippen LogP) is 2.42. The molecule has 2 rings (SSSR count). The molecular formula is C12H17BrN2. The van der Waals surface area contributed by atoms with Crippen molar-refractivity contribution in [1.29, 1.82) is 0 Å². The van der Waals surface area contributed by atoms with Crippen molar-refractivity contribution in [2.45, 2.75) is 13.0 Å². The molecule has 0 bridgehead atoms. The quantitative estimate of drug-likeness (QED) is 0.887. The van der Waals surface area contributed by atoms with E-state index in [-0.39, 0.29) is 0 Å². The highest BCUT2D eigenvalue weighted by atomic mass is 79.9. The lowest BCUT2D eigenvalue weighted by Crippen LogP contribution is -2.45. The van der Waals surface area contributed by atoms with E-state index in [1.54, 1.807) is 0 Å². The highest BCUT2D eigenvalue weighted by Crippen LogP contribution is 2.25. The Balaban J connectivity index is 2.13. The zero-order valence-corrected chi connectivity index (χ0v) is 10.6. The molecule has 3 heteroatoms. The monoisotopic (exact) mass is 268 g/mol.